The average molecular weight is 217 g/mol. The average Bonchev–Trinajstić information content (AvgIpc) is 2.61. The summed E-state index contributed by atoms with van der Waals surface area (Å²) in [7, 11) is 0. The van der Waals surface area contributed by atoms with Crippen LogP contribution in [0.5, 0.6) is 0 Å². The smallest absolute Gasteiger partial charge is 0.254 e. The minimum atomic E-state index is 0.108. The fraction of sp³-hybridized carbons (Fsp3) is 0.500. The molecule has 0 aromatic carbocycles. The normalized spacial score (nSPS) is 15.6. The summed E-state index contributed by atoms with van der Waals surface area (Å²) < 4.78 is 1.79. The van der Waals surface area contributed by atoms with Crippen LogP contribution in [0.1, 0.15) is 49.7 Å². The van der Waals surface area contributed by atoms with E-state index in [2.05, 4.69) is 33.8 Å². The van der Waals surface area contributed by atoms with Crippen LogP contribution in [0.3, 0.4) is 0 Å². The van der Waals surface area contributed by atoms with Gasteiger partial charge in [0.05, 0.1) is 0 Å². The SMILES string of the molecule is CC(C)C1=CC(=O)n2ccc(C(C)C)c2C1. The highest BCUT2D eigenvalue weighted by Crippen LogP contribution is 2.28. The number of hydrogen-bond acceptors (Lipinski definition) is 1. The maximum Gasteiger partial charge on any atom is 0.254 e. The zero-order valence-corrected chi connectivity index (χ0v) is 10.4. The highest BCUT2D eigenvalue weighted by molar-refractivity contribution is 5.92. The van der Waals surface area contributed by atoms with Gasteiger partial charge in [0, 0.05) is 24.4 Å². The van der Waals surface area contributed by atoms with Gasteiger partial charge < -0.3 is 0 Å². The Morgan fingerprint density at radius 2 is 1.88 bits per heavy atom. The molecular weight excluding hydrogens is 198 g/mol. The maximum absolute atomic E-state index is 11.9. The number of fused-ring (bicyclic) bond motifs is 1. The minimum Gasteiger partial charge on any atom is -0.287 e. The number of allylic oxidation sites excluding steroid dienone is 2. The molecule has 2 rings (SSSR count). The highest BCUT2D eigenvalue weighted by Gasteiger charge is 2.22. The molecule has 0 spiro atoms. The number of carbonyl (C=O) groups is 1. The third-order valence-corrected chi connectivity index (χ3v) is 3.31. The van der Waals surface area contributed by atoms with Crippen LogP contribution in [0.25, 0.3) is 0 Å². The molecule has 1 aliphatic rings. The molecule has 0 atom stereocenters. The van der Waals surface area contributed by atoms with Gasteiger partial charge in [-0.15, -0.1) is 0 Å². The first kappa shape index (κ1) is 11.2. The lowest BCUT2D eigenvalue weighted by Gasteiger charge is -2.20. The van der Waals surface area contributed by atoms with E-state index < -0.39 is 0 Å². The second-order valence-corrected chi connectivity index (χ2v) is 5.13. The van der Waals surface area contributed by atoms with Crippen molar-refractivity contribution in [2.24, 2.45) is 5.92 Å². The predicted molar refractivity (Wildman–Crippen MR) is 65.8 cm³/mol. The summed E-state index contributed by atoms with van der Waals surface area (Å²) in [6.45, 7) is 8.64. The zero-order chi connectivity index (χ0) is 11.9. The number of hydrogen-bond donors (Lipinski definition) is 0. The van der Waals surface area contributed by atoms with E-state index in [1.165, 1.54) is 16.8 Å². The van der Waals surface area contributed by atoms with Gasteiger partial charge in [0.25, 0.3) is 5.91 Å². The second-order valence-electron chi connectivity index (χ2n) is 5.13. The minimum absolute atomic E-state index is 0.108. The van der Waals surface area contributed by atoms with Crippen LogP contribution in [0.4, 0.5) is 0 Å². The first-order valence-corrected chi connectivity index (χ1v) is 5.95. The zero-order valence-electron chi connectivity index (χ0n) is 10.4. The van der Waals surface area contributed by atoms with E-state index in [1.54, 1.807) is 10.6 Å². The molecule has 2 heterocycles. The van der Waals surface area contributed by atoms with Gasteiger partial charge in [-0.2, -0.15) is 0 Å². The van der Waals surface area contributed by atoms with Crippen molar-refractivity contribution in [3.05, 3.63) is 35.2 Å². The van der Waals surface area contributed by atoms with Gasteiger partial charge in [-0.25, -0.2) is 0 Å². The number of nitrogens with zero attached hydrogens (tertiary/aromatic N) is 1. The molecule has 0 unspecified atom stereocenters. The summed E-state index contributed by atoms with van der Waals surface area (Å²) in [6.07, 6.45) is 4.62. The lowest BCUT2D eigenvalue weighted by atomic mass is 9.92. The van der Waals surface area contributed by atoms with Crippen molar-refractivity contribution in [3.8, 4) is 0 Å². The summed E-state index contributed by atoms with van der Waals surface area (Å²) in [5.41, 5.74) is 3.74. The Hall–Kier alpha value is -1.31. The standard InChI is InChI=1S/C14H19NO/c1-9(2)11-7-13-12(10(3)4)5-6-15(13)14(16)8-11/h5-6,8-10H,7H2,1-4H3. The van der Waals surface area contributed by atoms with Crippen molar-refractivity contribution in [1.82, 2.24) is 4.57 Å². The lowest BCUT2D eigenvalue weighted by Crippen LogP contribution is -2.19. The largest absolute Gasteiger partial charge is 0.287 e. The van der Waals surface area contributed by atoms with Gasteiger partial charge in [0.2, 0.25) is 0 Å². The molecular formula is C14H19NO. The van der Waals surface area contributed by atoms with Crippen molar-refractivity contribution >= 4 is 5.91 Å². The van der Waals surface area contributed by atoms with Crippen molar-refractivity contribution in [2.45, 2.75) is 40.0 Å². The molecule has 1 aromatic heterocycles. The van der Waals surface area contributed by atoms with E-state index in [1.807, 2.05) is 6.20 Å². The third kappa shape index (κ3) is 1.73. The highest BCUT2D eigenvalue weighted by atomic mass is 16.1. The number of carbonyl (C=O) groups excluding carboxylic acids is 1. The molecule has 0 fully saturated rings. The summed E-state index contributed by atoms with van der Waals surface area (Å²) >= 11 is 0. The van der Waals surface area contributed by atoms with Crippen LogP contribution in [0.15, 0.2) is 23.9 Å². The van der Waals surface area contributed by atoms with E-state index in [4.69, 9.17) is 0 Å². The van der Waals surface area contributed by atoms with Crippen molar-refractivity contribution in [2.75, 3.05) is 0 Å². The molecule has 0 radical (unpaired) electrons. The lowest BCUT2D eigenvalue weighted by molar-refractivity contribution is 0.0960. The van der Waals surface area contributed by atoms with E-state index in [-0.39, 0.29) is 5.91 Å². The van der Waals surface area contributed by atoms with Crippen molar-refractivity contribution < 1.29 is 4.79 Å². The molecule has 0 bridgehead atoms. The van der Waals surface area contributed by atoms with Gasteiger partial charge >= 0.3 is 0 Å². The molecule has 2 heteroatoms. The summed E-state index contributed by atoms with van der Waals surface area (Å²) in [6, 6.07) is 2.08. The quantitative estimate of drug-likeness (QED) is 0.744. The molecule has 0 amide bonds. The fourth-order valence-corrected chi connectivity index (χ4v) is 2.24. The Balaban J connectivity index is 2.44. The van der Waals surface area contributed by atoms with E-state index in [0.717, 1.165) is 6.42 Å². The molecule has 0 saturated heterocycles. The van der Waals surface area contributed by atoms with Gasteiger partial charge in [0.15, 0.2) is 0 Å². The maximum atomic E-state index is 11.9. The Bertz CT molecular complexity index is 449. The number of aromatic nitrogens is 1. The monoisotopic (exact) mass is 217 g/mol. The summed E-state index contributed by atoms with van der Waals surface area (Å²) in [4.78, 5) is 11.9. The molecule has 0 saturated carbocycles. The predicted octanol–water partition coefficient (Wildman–Crippen LogP) is 3.39. The first-order valence-electron chi connectivity index (χ1n) is 5.95. The van der Waals surface area contributed by atoms with E-state index in [9.17, 15) is 4.79 Å². The topological polar surface area (TPSA) is 22.0 Å². The van der Waals surface area contributed by atoms with Crippen LogP contribution in [-0.4, -0.2) is 10.5 Å². The van der Waals surface area contributed by atoms with Gasteiger partial charge in [-0.3, -0.25) is 9.36 Å². The van der Waals surface area contributed by atoms with Crippen LogP contribution in [0, 0.1) is 5.92 Å². The van der Waals surface area contributed by atoms with E-state index >= 15 is 0 Å². The van der Waals surface area contributed by atoms with Crippen LogP contribution >= 0.6 is 0 Å². The Morgan fingerprint density at radius 1 is 1.19 bits per heavy atom. The Morgan fingerprint density at radius 3 is 2.44 bits per heavy atom. The fourth-order valence-electron chi connectivity index (χ4n) is 2.24. The summed E-state index contributed by atoms with van der Waals surface area (Å²) in [5, 5.41) is 0. The molecule has 0 N–H and O–H groups in total. The molecule has 0 aliphatic carbocycles. The molecule has 2 nitrogen and oxygen atoms in total. The van der Waals surface area contributed by atoms with Crippen LogP contribution in [-0.2, 0) is 6.42 Å². The van der Waals surface area contributed by atoms with Gasteiger partial charge in [-0.1, -0.05) is 33.3 Å². The van der Waals surface area contributed by atoms with Crippen molar-refractivity contribution in [3.63, 3.8) is 0 Å². The van der Waals surface area contributed by atoms with Gasteiger partial charge in [-0.05, 0) is 23.5 Å². The summed E-state index contributed by atoms with van der Waals surface area (Å²) in [5.74, 6) is 1.04. The second kappa shape index (κ2) is 3.93. The van der Waals surface area contributed by atoms with Crippen LogP contribution < -0.4 is 0 Å². The molecule has 86 valence electrons. The van der Waals surface area contributed by atoms with Crippen molar-refractivity contribution in [1.29, 1.82) is 0 Å². The third-order valence-electron chi connectivity index (χ3n) is 3.31. The molecule has 1 aromatic rings. The molecule has 1 aliphatic heterocycles. The Labute approximate surface area is 97.0 Å². The van der Waals surface area contributed by atoms with Gasteiger partial charge in [0.1, 0.15) is 0 Å². The van der Waals surface area contributed by atoms with E-state index in [0.29, 0.717) is 11.8 Å². The molecule has 16 heavy (non-hydrogen) atoms. The first-order chi connectivity index (χ1) is 7.50. The van der Waals surface area contributed by atoms with Crippen LogP contribution in [0.2, 0.25) is 0 Å². The Kier molecular flexibility index (Phi) is 2.75. The number of rotatable bonds is 2.